The number of rotatable bonds is 4. The number of hydrogen-bond donors (Lipinski definition) is 2. The predicted molar refractivity (Wildman–Crippen MR) is 87.8 cm³/mol. The summed E-state index contributed by atoms with van der Waals surface area (Å²) in [5.74, 6) is -0.104. The van der Waals surface area contributed by atoms with Crippen molar-refractivity contribution < 1.29 is 4.79 Å². The number of nitrogen functional groups attached to an aromatic ring is 1. The van der Waals surface area contributed by atoms with Crippen molar-refractivity contribution >= 4 is 17.3 Å². The molecule has 0 atom stereocenters. The Morgan fingerprint density at radius 1 is 1.43 bits per heavy atom. The van der Waals surface area contributed by atoms with E-state index in [4.69, 9.17) is 5.73 Å². The smallest absolute Gasteiger partial charge is 0.251 e. The van der Waals surface area contributed by atoms with Crippen LogP contribution in [0.15, 0.2) is 18.2 Å². The molecule has 0 saturated carbocycles. The number of amides is 1. The highest BCUT2D eigenvalue weighted by Gasteiger charge is 2.23. The molecule has 5 nitrogen and oxygen atoms in total. The molecule has 3 N–H and O–H groups in total. The van der Waals surface area contributed by atoms with Gasteiger partial charge in [-0.3, -0.25) is 4.79 Å². The van der Waals surface area contributed by atoms with E-state index in [1.165, 1.54) is 0 Å². The Morgan fingerprint density at radius 2 is 2.10 bits per heavy atom. The second-order valence-corrected chi connectivity index (χ2v) is 5.63. The fraction of sp³-hybridized carbons (Fsp3) is 0.562. The number of nitrogens with one attached hydrogen (secondary N) is 1. The summed E-state index contributed by atoms with van der Waals surface area (Å²) >= 11 is 0. The van der Waals surface area contributed by atoms with E-state index in [0.717, 1.165) is 38.2 Å². The monoisotopic (exact) mass is 290 g/mol. The zero-order valence-electron chi connectivity index (χ0n) is 13.2. The molecule has 5 heteroatoms. The molecule has 21 heavy (non-hydrogen) atoms. The lowest BCUT2D eigenvalue weighted by Gasteiger charge is -2.37. The first kappa shape index (κ1) is 15.6. The normalized spacial score (nSPS) is 16.7. The maximum Gasteiger partial charge on any atom is 0.251 e. The Hall–Kier alpha value is -1.75. The molecule has 0 unspecified atom stereocenters. The molecule has 0 aliphatic carbocycles. The standard InChI is InChI=1S/C16H26N4O/c1-4-20-9-7-13(8-10-20)19(3)15-6-5-12(11-14(15)17)16(21)18-2/h5-6,11,13H,4,7-10,17H2,1-3H3,(H,18,21). The third kappa shape index (κ3) is 3.47. The van der Waals surface area contributed by atoms with Gasteiger partial charge in [-0.15, -0.1) is 0 Å². The van der Waals surface area contributed by atoms with Crippen LogP contribution in [-0.2, 0) is 0 Å². The van der Waals surface area contributed by atoms with Crippen molar-refractivity contribution in [1.29, 1.82) is 0 Å². The van der Waals surface area contributed by atoms with Gasteiger partial charge in [-0.2, -0.15) is 0 Å². The van der Waals surface area contributed by atoms with Gasteiger partial charge in [0.05, 0.1) is 11.4 Å². The van der Waals surface area contributed by atoms with Gasteiger partial charge in [0.2, 0.25) is 0 Å². The first-order chi connectivity index (χ1) is 10.1. The second kappa shape index (κ2) is 6.80. The predicted octanol–water partition coefficient (Wildman–Crippen LogP) is 1.55. The van der Waals surface area contributed by atoms with E-state index >= 15 is 0 Å². The summed E-state index contributed by atoms with van der Waals surface area (Å²) in [4.78, 5) is 16.4. The van der Waals surface area contributed by atoms with Crippen molar-refractivity contribution in [2.45, 2.75) is 25.8 Å². The Bertz CT molecular complexity index is 495. The number of nitrogens with zero attached hydrogens (tertiary/aromatic N) is 2. The minimum Gasteiger partial charge on any atom is -0.397 e. The van der Waals surface area contributed by atoms with Crippen molar-refractivity contribution in [3.05, 3.63) is 23.8 Å². The summed E-state index contributed by atoms with van der Waals surface area (Å²) in [5.41, 5.74) is 8.42. The van der Waals surface area contributed by atoms with E-state index in [2.05, 4.69) is 29.1 Å². The number of nitrogens with two attached hydrogens (primary N) is 1. The minimum atomic E-state index is -0.104. The molecule has 1 aromatic rings. The molecule has 0 aromatic heterocycles. The van der Waals surface area contributed by atoms with Gasteiger partial charge in [-0.25, -0.2) is 0 Å². The van der Waals surface area contributed by atoms with Crippen LogP contribution >= 0.6 is 0 Å². The van der Waals surface area contributed by atoms with E-state index in [0.29, 0.717) is 17.3 Å². The number of carbonyl (C=O) groups is 1. The molecule has 1 heterocycles. The maximum absolute atomic E-state index is 11.6. The van der Waals surface area contributed by atoms with Gasteiger partial charge in [0.25, 0.3) is 5.91 Å². The molecule has 1 fully saturated rings. The average molecular weight is 290 g/mol. The van der Waals surface area contributed by atoms with Crippen LogP contribution in [0.2, 0.25) is 0 Å². The molecule has 1 aliphatic heterocycles. The van der Waals surface area contributed by atoms with Gasteiger partial charge >= 0.3 is 0 Å². The maximum atomic E-state index is 11.6. The zero-order chi connectivity index (χ0) is 15.4. The molecular formula is C16H26N4O. The highest BCUT2D eigenvalue weighted by atomic mass is 16.1. The fourth-order valence-corrected chi connectivity index (χ4v) is 2.98. The largest absolute Gasteiger partial charge is 0.397 e. The second-order valence-electron chi connectivity index (χ2n) is 5.63. The summed E-state index contributed by atoms with van der Waals surface area (Å²) in [6.07, 6.45) is 2.31. The fourth-order valence-electron chi connectivity index (χ4n) is 2.98. The summed E-state index contributed by atoms with van der Waals surface area (Å²) < 4.78 is 0. The third-order valence-corrected chi connectivity index (χ3v) is 4.45. The van der Waals surface area contributed by atoms with Crippen molar-refractivity contribution in [3.8, 4) is 0 Å². The molecular weight excluding hydrogens is 264 g/mol. The highest BCUT2D eigenvalue weighted by molar-refractivity contribution is 5.96. The van der Waals surface area contributed by atoms with Crippen molar-refractivity contribution in [1.82, 2.24) is 10.2 Å². The summed E-state index contributed by atoms with van der Waals surface area (Å²) in [7, 11) is 3.72. The summed E-state index contributed by atoms with van der Waals surface area (Å²) in [6, 6.07) is 6.06. The van der Waals surface area contributed by atoms with Crippen molar-refractivity contribution in [3.63, 3.8) is 0 Å². The van der Waals surface area contributed by atoms with E-state index < -0.39 is 0 Å². The Labute approximate surface area is 127 Å². The minimum absolute atomic E-state index is 0.104. The van der Waals surface area contributed by atoms with Gasteiger partial charge < -0.3 is 20.9 Å². The van der Waals surface area contributed by atoms with Crippen LogP contribution in [0, 0.1) is 0 Å². The van der Waals surface area contributed by atoms with Crippen molar-refractivity contribution in [2.24, 2.45) is 0 Å². The van der Waals surface area contributed by atoms with E-state index in [1.54, 1.807) is 13.1 Å². The lowest BCUT2D eigenvalue weighted by Crippen LogP contribution is -2.43. The Morgan fingerprint density at radius 3 is 2.62 bits per heavy atom. The molecule has 2 rings (SSSR count). The van der Waals surface area contributed by atoms with E-state index in [1.807, 2.05) is 12.1 Å². The van der Waals surface area contributed by atoms with Crippen molar-refractivity contribution in [2.75, 3.05) is 44.4 Å². The van der Waals surface area contributed by atoms with Gasteiger partial charge in [-0.1, -0.05) is 6.92 Å². The molecule has 116 valence electrons. The van der Waals surface area contributed by atoms with Crippen LogP contribution in [0.3, 0.4) is 0 Å². The number of hydrogen-bond acceptors (Lipinski definition) is 4. The van der Waals surface area contributed by atoms with Crippen LogP contribution < -0.4 is 16.0 Å². The topological polar surface area (TPSA) is 61.6 Å². The van der Waals surface area contributed by atoms with Crippen LogP contribution in [0.25, 0.3) is 0 Å². The van der Waals surface area contributed by atoms with Gasteiger partial charge in [-0.05, 0) is 37.6 Å². The molecule has 0 radical (unpaired) electrons. The van der Waals surface area contributed by atoms with Gasteiger partial charge in [0, 0.05) is 38.8 Å². The number of piperidine rings is 1. The van der Waals surface area contributed by atoms with E-state index in [9.17, 15) is 4.79 Å². The summed E-state index contributed by atoms with van der Waals surface area (Å²) in [6.45, 7) is 5.61. The van der Waals surface area contributed by atoms with E-state index in [-0.39, 0.29) is 5.91 Å². The third-order valence-electron chi connectivity index (χ3n) is 4.45. The molecule has 1 aromatic carbocycles. The number of carbonyl (C=O) groups excluding carboxylic acids is 1. The van der Waals surface area contributed by atoms with Crippen LogP contribution in [0.5, 0.6) is 0 Å². The quantitative estimate of drug-likeness (QED) is 0.826. The van der Waals surface area contributed by atoms with Crippen LogP contribution in [0.1, 0.15) is 30.1 Å². The first-order valence-corrected chi connectivity index (χ1v) is 7.63. The van der Waals surface area contributed by atoms with Crippen LogP contribution in [-0.4, -0.2) is 50.6 Å². The van der Waals surface area contributed by atoms with Gasteiger partial charge in [0.1, 0.15) is 0 Å². The molecule has 0 bridgehead atoms. The van der Waals surface area contributed by atoms with Crippen LogP contribution in [0.4, 0.5) is 11.4 Å². The highest BCUT2D eigenvalue weighted by Crippen LogP contribution is 2.28. The first-order valence-electron chi connectivity index (χ1n) is 7.63. The molecule has 1 saturated heterocycles. The number of anilines is 2. The lowest BCUT2D eigenvalue weighted by molar-refractivity contribution is 0.0963. The molecule has 1 aliphatic rings. The number of benzene rings is 1. The zero-order valence-corrected chi connectivity index (χ0v) is 13.2. The van der Waals surface area contributed by atoms with Gasteiger partial charge in [0.15, 0.2) is 0 Å². The SMILES string of the molecule is CCN1CCC(N(C)c2ccc(C(=O)NC)cc2N)CC1. The Balaban J connectivity index is 2.09. The molecule has 1 amide bonds. The average Bonchev–Trinajstić information content (AvgIpc) is 2.53. The summed E-state index contributed by atoms with van der Waals surface area (Å²) in [5, 5.41) is 2.62. The lowest BCUT2D eigenvalue weighted by atomic mass is 10.0. The Kier molecular flexibility index (Phi) is 5.07. The molecule has 0 spiro atoms. The number of likely N-dealkylation sites (tertiary alicyclic amines) is 1.